The van der Waals surface area contributed by atoms with Crippen LogP contribution >= 0.6 is 0 Å². The highest BCUT2D eigenvalue weighted by atomic mass is 19.1. The SMILES string of the molecule is CCn1nnc2ccc(-c3ccn4nc(N[C@H]5CCN(C)C[C@H]5F)nc(OC)c34)cc21. The highest BCUT2D eigenvalue weighted by Gasteiger charge is 2.28. The molecule has 3 aromatic heterocycles. The van der Waals surface area contributed by atoms with Crippen LogP contribution in [0.5, 0.6) is 5.88 Å². The van der Waals surface area contributed by atoms with Gasteiger partial charge in [-0.15, -0.1) is 10.2 Å². The second-order valence-corrected chi connectivity index (χ2v) is 7.89. The van der Waals surface area contributed by atoms with Crippen molar-refractivity contribution in [2.45, 2.75) is 32.1 Å². The summed E-state index contributed by atoms with van der Waals surface area (Å²) in [7, 11) is 3.51. The maximum absolute atomic E-state index is 14.5. The summed E-state index contributed by atoms with van der Waals surface area (Å²) in [6.07, 6.45) is 1.58. The molecule has 0 unspecified atom stereocenters. The number of nitrogens with zero attached hydrogens (tertiary/aromatic N) is 7. The molecule has 10 heteroatoms. The van der Waals surface area contributed by atoms with Crippen LogP contribution in [0.2, 0.25) is 0 Å². The number of hydrogen-bond donors (Lipinski definition) is 1. The average molecular weight is 424 g/mol. The number of rotatable bonds is 5. The van der Waals surface area contributed by atoms with E-state index in [4.69, 9.17) is 4.74 Å². The molecule has 4 heterocycles. The fourth-order valence-electron chi connectivity index (χ4n) is 4.18. The second kappa shape index (κ2) is 7.77. The van der Waals surface area contributed by atoms with Gasteiger partial charge in [0, 0.05) is 31.4 Å². The largest absolute Gasteiger partial charge is 0.479 e. The molecule has 0 spiro atoms. The standard InChI is InChI=1S/C21H25FN8O/c1-4-29-18-11-13(5-6-17(18)25-27-29)14-7-10-30-19(14)20(31-3)24-21(26-30)23-16-8-9-28(2)12-15(16)22/h5-7,10-11,15-16H,4,8-9,12H2,1-3H3,(H,23,26)/t15-,16+/m1/s1. The smallest absolute Gasteiger partial charge is 0.244 e. The van der Waals surface area contributed by atoms with Crippen LogP contribution in [0.4, 0.5) is 10.3 Å². The van der Waals surface area contributed by atoms with Gasteiger partial charge in [-0.1, -0.05) is 11.3 Å². The molecular formula is C21H25FN8O. The van der Waals surface area contributed by atoms with Gasteiger partial charge < -0.3 is 15.0 Å². The monoisotopic (exact) mass is 424 g/mol. The summed E-state index contributed by atoms with van der Waals surface area (Å²) in [5.41, 5.74) is 4.50. The summed E-state index contributed by atoms with van der Waals surface area (Å²) < 4.78 is 23.6. The number of methoxy groups -OCH3 is 1. The van der Waals surface area contributed by atoms with Crippen LogP contribution in [0.15, 0.2) is 30.5 Å². The molecule has 162 valence electrons. The van der Waals surface area contributed by atoms with Gasteiger partial charge in [0.2, 0.25) is 11.8 Å². The van der Waals surface area contributed by atoms with E-state index < -0.39 is 6.17 Å². The molecule has 0 saturated carbocycles. The molecule has 1 saturated heterocycles. The average Bonchev–Trinajstić information content (AvgIpc) is 3.38. The van der Waals surface area contributed by atoms with Gasteiger partial charge in [0.25, 0.3) is 0 Å². The molecule has 1 aromatic carbocycles. The lowest BCUT2D eigenvalue weighted by atomic mass is 10.0. The minimum Gasteiger partial charge on any atom is -0.479 e. The first-order valence-electron chi connectivity index (χ1n) is 10.4. The Morgan fingerprint density at radius 3 is 2.94 bits per heavy atom. The molecule has 9 nitrogen and oxygen atoms in total. The van der Waals surface area contributed by atoms with Crippen molar-refractivity contribution in [2.24, 2.45) is 0 Å². The van der Waals surface area contributed by atoms with Gasteiger partial charge in [-0.2, -0.15) is 4.98 Å². The van der Waals surface area contributed by atoms with E-state index >= 15 is 0 Å². The summed E-state index contributed by atoms with van der Waals surface area (Å²) in [5.74, 6) is 0.787. The first-order chi connectivity index (χ1) is 15.1. The molecular weight excluding hydrogens is 399 g/mol. The highest BCUT2D eigenvalue weighted by Crippen LogP contribution is 2.33. The molecule has 0 bridgehead atoms. The number of piperidine rings is 1. The Morgan fingerprint density at radius 2 is 2.16 bits per heavy atom. The van der Waals surface area contributed by atoms with E-state index in [1.807, 2.05) is 47.9 Å². The molecule has 2 atom stereocenters. The minimum absolute atomic E-state index is 0.322. The second-order valence-electron chi connectivity index (χ2n) is 7.89. The van der Waals surface area contributed by atoms with Crippen LogP contribution in [0.3, 0.4) is 0 Å². The van der Waals surface area contributed by atoms with Crippen molar-refractivity contribution < 1.29 is 9.13 Å². The van der Waals surface area contributed by atoms with Crippen LogP contribution in [0.1, 0.15) is 13.3 Å². The predicted octanol–water partition coefficient (Wildman–Crippen LogP) is 2.62. The third-order valence-electron chi connectivity index (χ3n) is 5.86. The first kappa shape index (κ1) is 19.7. The zero-order valence-corrected chi connectivity index (χ0v) is 17.8. The lowest BCUT2D eigenvalue weighted by Gasteiger charge is -2.32. The van der Waals surface area contributed by atoms with Gasteiger partial charge in [0.1, 0.15) is 17.2 Å². The van der Waals surface area contributed by atoms with Crippen molar-refractivity contribution in [1.82, 2.24) is 34.5 Å². The fourth-order valence-corrected chi connectivity index (χ4v) is 4.18. The third-order valence-corrected chi connectivity index (χ3v) is 5.86. The maximum atomic E-state index is 14.5. The number of nitrogens with one attached hydrogen (secondary N) is 1. The van der Waals surface area contributed by atoms with Gasteiger partial charge in [0.05, 0.1) is 18.7 Å². The van der Waals surface area contributed by atoms with E-state index in [1.54, 1.807) is 11.6 Å². The Bertz CT molecular complexity index is 1240. The minimum atomic E-state index is -0.979. The molecule has 5 rings (SSSR count). The molecule has 0 amide bonds. The van der Waals surface area contributed by atoms with Gasteiger partial charge in [0.15, 0.2) is 0 Å². The molecule has 1 aliphatic rings. The van der Waals surface area contributed by atoms with Crippen LogP contribution in [-0.4, -0.2) is 74.0 Å². The predicted molar refractivity (Wildman–Crippen MR) is 116 cm³/mol. The number of anilines is 1. The molecule has 0 radical (unpaired) electrons. The van der Waals surface area contributed by atoms with Gasteiger partial charge in [-0.05, 0) is 44.2 Å². The first-order valence-corrected chi connectivity index (χ1v) is 10.4. The molecule has 4 aromatic rings. The number of likely N-dealkylation sites (tertiary alicyclic amines) is 1. The normalized spacial score (nSPS) is 19.9. The number of aromatic nitrogens is 6. The van der Waals surface area contributed by atoms with Crippen molar-refractivity contribution in [3.05, 3.63) is 30.5 Å². The lowest BCUT2D eigenvalue weighted by Crippen LogP contribution is -2.46. The zero-order chi connectivity index (χ0) is 21.5. The maximum Gasteiger partial charge on any atom is 0.244 e. The Hall–Kier alpha value is -3.27. The van der Waals surface area contributed by atoms with Crippen molar-refractivity contribution >= 4 is 22.5 Å². The summed E-state index contributed by atoms with van der Waals surface area (Å²) >= 11 is 0. The number of fused-ring (bicyclic) bond motifs is 2. The number of hydrogen-bond acceptors (Lipinski definition) is 7. The Kier molecular flexibility index (Phi) is 4.93. The summed E-state index contributed by atoms with van der Waals surface area (Å²) in [6.45, 7) is 4.00. The van der Waals surface area contributed by atoms with E-state index in [1.165, 1.54) is 0 Å². The zero-order valence-electron chi connectivity index (χ0n) is 17.8. The van der Waals surface area contributed by atoms with Crippen LogP contribution in [-0.2, 0) is 6.54 Å². The number of alkyl halides is 1. The van der Waals surface area contributed by atoms with E-state index in [0.29, 0.717) is 24.8 Å². The number of halogens is 1. The van der Waals surface area contributed by atoms with Crippen LogP contribution < -0.4 is 10.1 Å². The third kappa shape index (κ3) is 3.46. The van der Waals surface area contributed by atoms with Crippen LogP contribution in [0.25, 0.3) is 27.7 Å². The van der Waals surface area contributed by atoms with Gasteiger partial charge >= 0.3 is 0 Å². The summed E-state index contributed by atoms with van der Waals surface area (Å²) in [5, 5.41) is 16.1. The number of ether oxygens (including phenoxy) is 1. The lowest BCUT2D eigenvalue weighted by molar-refractivity contribution is 0.149. The van der Waals surface area contributed by atoms with E-state index in [0.717, 1.165) is 40.8 Å². The van der Waals surface area contributed by atoms with Crippen molar-refractivity contribution in [3.8, 4) is 17.0 Å². The van der Waals surface area contributed by atoms with Crippen molar-refractivity contribution in [3.63, 3.8) is 0 Å². The molecule has 1 N–H and O–H groups in total. The Morgan fingerprint density at radius 1 is 1.29 bits per heavy atom. The van der Waals surface area contributed by atoms with Crippen molar-refractivity contribution in [2.75, 3.05) is 32.6 Å². The Balaban J connectivity index is 1.53. The molecule has 1 aliphatic heterocycles. The van der Waals surface area contributed by atoms with E-state index in [2.05, 4.69) is 31.8 Å². The summed E-state index contributed by atoms with van der Waals surface area (Å²) in [4.78, 5) is 6.52. The molecule has 0 aliphatic carbocycles. The Labute approximate surface area is 178 Å². The highest BCUT2D eigenvalue weighted by molar-refractivity contribution is 5.89. The fraction of sp³-hybridized carbons (Fsp3) is 0.429. The quantitative estimate of drug-likeness (QED) is 0.527. The van der Waals surface area contributed by atoms with Gasteiger partial charge in [-0.25, -0.2) is 13.6 Å². The van der Waals surface area contributed by atoms with Gasteiger partial charge in [-0.3, -0.25) is 0 Å². The molecule has 31 heavy (non-hydrogen) atoms. The number of benzene rings is 1. The van der Waals surface area contributed by atoms with Crippen molar-refractivity contribution in [1.29, 1.82) is 0 Å². The van der Waals surface area contributed by atoms with E-state index in [9.17, 15) is 4.39 Å². The topological polar surface area (TPSA) is 85.4 Å². The van der Waals surface area contributed by atoms with E-state index in [-0.39, 0.29) is 6.04 Å². The van der Waals surface area contributed by atoms with Crippen LogP contribution in [0, 0.1) is 0 Å². The number of aryl methyl sites for hydroxylation is 1. The molecule has 1 fully saturated rings. The summed E-state index contributed by atoms with van der Waals surface area (Å²) in [6, 6.07) is 7.68.